The molecule has 3 aromatic carbocycles. The minimum absolute atomic E-state index is 0.00313. The van der Waals surface area contributed by atoms with Gasteiger partial charge in [-0.05, 0) is 36.6 Å². The number of anilines is 2. The predicted octanol–water partition coefficient (Wildman–Crippen LogP) is 3.95. The number of amides is 2. The third-order valence-corrected chi connectivity index (χ3v) is 6.15. The van der Waals surface area contributed by atoms with Crippen LogP contribution in [-0.2, 0) is 9.59 Å². The summed E-state index contributed by atoms with van der Waals surface area (Å²) in [5.41, 5.74) is 1.30. The number of nitrogens with zero attached hydrogens (tertiary/aromatic N) is 2. The number of hydrogen-bond acceptors (Lipinski definition) is 4. The lowest BCUT2D eigenvalue weighted by Crippen LogP contribution is -2.53. The fourth-order valence-electron chi connectivity index (χ4n) is 4.16. The molecule has 0 radical (unpaired) electrons. The quantitative estimate of drug-likeness (QED) is 0.575. The van der Waals surface area contributed by atoms with Gasteiger partial charge in [0.1, 0.15) is 5.82 Å². The van der Waals surface area contributed by atoms with Crippen LogP contribution in [-0.4, -0.2) is 60.4 Å². The molecule has 0 bridgehead atoms. The molecule has 172 valence electrons. The molecule has 33 heavy (non-hydrogen) atoms. The molecule has 1 unspecified atom stereocenters. The summed E-state index contributed by atoms with van der Waals surface area (Å²) in [7, 11) is 0. The summed E-state index contributed by atoms with van der Waals surface area (Å²) in [5, 5.41) is 7.95. The van der Waals surface area contributed by atoms with E-state index in [1.165, 1.54) is 12.1 Å². The van der Waals surface area contributed by atoms with Gasteiger partial charge >= 0.3 is 0 Å². The van der Waals surface area contributed by atoms with Gasteiger partial charge < -0.3 is 15.5 Å². The number of fused-ring (bicyclic) bond motifs is 1. The monoisotopic (exact) mass is 448 g/mol. The van der Waals surface area contributed by atoms with Crippen molar-refractivity contribution < 1.29 is 14.0 Å². The maximum atomic E-state index is 13.3. The molecule has 3 aromatic rings. The zero-order chi connectivity index (χ0) is 23.2. The zero-order valence-corrected chi connectivity index (χ0v) is 18.8. The van der Waals surface area contributed by atoms with Gasteiger partial charge in [-0.2, -0.15) is 0 Å². The first-order valence-corrected chi connectivity index (χ1v) is 11.3. The molecule has 4 rings (SSSR count). The molecule has 1 fully saturated rings. The molecular weight excluding hydrogens is 419 g/mol. The number of carbonyl (C=O) groups is 2. The standard InChI is InChI=1S/C26H29FN4O2/c1-19(26(33)28-22-9-5-8-21(27)18-22)31-16-14-30(15-17-31)13-12-25(32)29-24-11-4-7-20-6-2-3-10-23(20)24/h2-11,18-19H,12-17H2,1H3,(H,28,33)(H,29,32). The van der Waals surface area contributed by atoms with E-state index in [1.807, 2.05) is 49.4 Å². The maximum absolute atomic E-state index is 13.3. The number of hydrogen-bond donors (Lipinski definition) is 2. The van der Waals surface area contributed by atoms with Crippen LogP contribution in [0.1, 0.15) is 13.3 Å². The molecule has 1 aliphatic heterocycles. The number of carbonyl (C=O) groups excluding carboxylic acids is 2. The van der Waals surface area contributed by atoms with Gasteiger partial charge in [-0.15, -0.1) is 0 Å². The molecule has 0 spiro atoms. The molecule has 1 saturated heterocycles. The highest BCUT2D eigenvalue weighted by molar-refractivity contribution is 6.02. The van der Waals surface area contributed by atoms with Crippen LogP contribution >= 0.6 is 0 Å². The Bertz CT molecular complexity index is 1120. The first kappa shape index (κ1) is 22.9. The van der Waals surface area contributed by atoms with Crippen LogP contribution in [0.5, 0.6) is 0 Å². The molecule has 6 nitrogen and oxygen atoms in total. The minimum Gasteiger partial charge on any atom is -0.325 e. The van der Waals surface area contributed by atoms with E-state index in [-0.39, 0.29) is 23.7 Å². The maximum Gasteiger partial charge on any atom is 0.241 e. The second-order valence-electron chi connectivity index (χ2n) is 8.38. The van der Waals surface area contributed by atoms with Crippen LogP contribution in [0.2, 0.25) is 0 Å². The summed E-state index contributed by atoms with van der Waals surface area (Å²) in [5.74, 6) is -0.529. The normalized spacial score (nSPS) is 15.8. The first-order chi connectivity index (χ1) is 16.0. The van der Waals surface area contributed by atoms with E-state index < -0.39 is 0 Å². The number of benzene rings is 3. The summed E-state index contributed by atoms with van der Waals surface area (Å²) in [6, 6.07) is 19.5. The van der Waals surface area contributed by atoms with Gasteiger partial charge in [0, 0.05) is 55.9 Å². The van der Waals surface area contributed by atoms with Gasteiger partial charge in [0.15, 0.2) is 0 Å². The van der Waals surface area contributed by atoms with E-state index in [4.69, 9.17) is 0 Å². The Balaban J connectivity index is 1.22. The van der Waals surface area contributed by atoms with Crippen molar-refractivity contribution in [3.63, 3.8) is 0 Å². The number of rotatable bonds is 7. The van der Waals surface area contributed by atoms with Crippen LogP contribution in [0.4, 0.5) is 15.8 Å². The molecule has 1 heterocycles. The fourth-order valence-corrected chi connectivity index (χ4v) is 4.16. The Morgan fingerprint density at radius 2 is 1.67 bits per heavy atom. The fraction of sp³-hybridized carbons (Fsp3) is 0.308. The van der Waals surface area contributed by atoms with Gasteiger partial charge in [-0.1, -0.05) is 42.5 Å². The second kappa shape index (κ2) is 10.6. The third-order valence-electron chi connectivity index (χ3n) is 6.15. The lowest BCUT2D eigenvalue weighted by Gasteiger charge is -2.37. The van der Waals surface area contributed by atoms with Gasteiger partial charge in [-0.25, -0.2) is 4.39 Å². The largest absolute Gasteiger partial charge is 0.325 e. The molecule has 0 aromatic heterocycles. The van der Waals surface area contributed by atoms with Crippen molar-refractivity contribution in [2.45, 2.75) is 19.4 Å². The van der Waals surface area contributed by atoms with Crippen molar-refractivity contribution >= 4 is 34.0 Å². The predicted molar refractivity (Wildman–Crippen MR) is 130 cm³/mol. The van der Waals surface area contributed by atoms with E-state index in [0.717, 1.165) is 42.6 Å². The van der Waals surface area contributed by atoms with E-state index in [2.05, 4.69) is 20.4 Å². The Morgan fingerprint density at radius 3 is 2.45 bits per heavy atom. The van der Waals surface area contributed by atoms with E-state index in [9.17, 15) is 14.0 Å². The van der Waals surface area contributed by atoms with Crippen LogP contribution in [0.15, 0.2) is 66.7 Å². The molecule has 2 N–H and O–H groups in total. The van der Waals surface area contributed by atoms with E-state index >= 15 is 0 Å². The zero-order valence-electron chi connectivity index (χ0n) is 18.8. The molecule has 0 aliphatic carbocycles. The number of nitrogens with one attached hydrogen (secondary N) is 2. The SMILES string of the molecule is CC(C(=O)Nc1cccc(F)c1)N1CCN(CCC(=O)Nc2cccc3ccccc23)CC1. The summed E-state index contributed by atoms with van der Waals surface area (Å²) in [4.78, 5) is 29.4. The van der Waals surface area contributed by atoms with Crippen LogP contribution in [0.3, 0.4) is 0 Å². The molecular formula is C26H29FN4O2. The lowest BCUT2D eigenvalue weighted by molar-refractivity contribution is -0.121. The molecule has 2 amide bonds. The Morgan fingerprint density at radius 1 is 0.939 bits per heavy atom. The third kappa shape index (κ3) is 5.94. The van der Waals surface area contributed by atoms with Crippen molar-refractivity contribution in [3.05, 3.63) is 72.5 Å². The minimum atomic E-state index is -0.376. The Hall–Kier alpha value is -3.29. The van der Waals surface area contributed by atoms with E-state index in [0.29, 0.717) is 18.7 Å². The van der Waals surface area contributed by atoms with Gasteiger partial charge in [0.25, 0.3) is 0 Å². The van der Waals surface area contributed by atoms with Crippen molar-refractivity contribution in [1.82, 2.24) is 9.80 Å². The summed E-state index contributed by atoms with van der Waals surface area (Å²) >= 11 is 0. The van der Waals surface area contributed by atoms with Crippen molar-refractivity contribution in [3.8, 4) is 0 Å². The average Bonchev–Trinajstić information content (AvgIpc) is 2.83. The van der Waals surface area contributed by atoms with Crippen LogP contribution in [0, 0.1) is 5.82 Å². The summed E-state index contributed by atoms with van der Waals surface area (Å²) in [6.45, 7) is 5.60. The molecule has 0 saturated carbocycles. The van der Waals surface area contributed by atoms with Crippen molar-refractivity contribution in [1.29, 1.82) is 0 Å². The van der Waals surface area contributed by atoms with E-state index in [1.54, 1.807) is 12.1 Å². The number of piperazine rings is 1. The van der Waals surface area contributed by atoms with Crippen molar-refractivity contribution in [2.24, 2.45) is 0 Å². The second-order valence-corrected chi connectivity index (χ2v) is 8.38. The smallest absolute Gasteiger partial charge is 0.241 e. The molecule has 1 aliphatic rings. The lowest BCUT2D eigenvalue weighted by atomic mass is 10.1. The summed E-state index contributed by atoms with van der Waals surface area (Å²) < 4.78 is 13.3. The molecule has 1 atom stereocenters. The highest BCUT2D eigenvalue weighted by atomic mass is 19.1. The van der Waals surface area contributed by atoms with Gasteiger partial charge in [0.2, 0.25) is 11.8 Å². The van der Waals surface area contributed by atoms with Crippen LogP contribution < -0.4 is 10.6 Å². The van der Waals surface area contributed by atoms with Crippen molar-refractivity contribution in [2.75, 3.05) is 43.4 Å². The topological polar surface area (TPSA) is 64.7 Å². The first-order valence-electron chi connectivity index (χ1n) is 11.3. The van der Waals surface area contributed by atoms with Gasteiger partial charge in [-0.3, -0.25) is 14.5 Å². The Labute approximate surface area is 193 Å². The molecule has 7 heteroatoms. The van der Waals surface area contributed by atoms with Gasteiger partial charge in [0.05, 0.1) is 6.04 Å². The van der Waals surface area contributed by atoms with Crippen LogP contribution in [0.25, 0.3) is 10.8 Å². The average molecular weight is 449 g/mol. The highest BCUT2D eigenvalue weighted by Gasteiger charge is 2.25. The Kier molecular flexibility index (Phi) is 7.32. The summed E-state index contributed by atoms with van der Waals surface area (Å²) in [6.07, 6.45) is 0.416. The highest BCUT2D eigenvalue weighted by Crippen LogP contribution is 2.23. The number of halogens is 1.